The van der Waals surface area contributed by atoms with Gasteiger partial charge in [0.15, 0.2) is 0 Å². The molecule has 43 heavy (non-hydrogen) atoms. The Balaban J connectivity index is -0.000000511. The van der Waals surface area contributed by atoms with E-state index in [1.54, 1.807) is 32.5 Å². The summed E-state index contributed by atoms with van der Waals surface area (Å²) >= 11 is 0. The van der Waals surface area contributed by atoms with Gasteiger partial charge in [0.25, 0.3) is 11.8 Å². The van der Waals surface area contributed by atoms with Crippen molar-refractivity contribution in [1.82, 2.24) is 15.0 Å². The summed E-state index contributed by atoms with van der Waals surface area (Å²) < 4.78 is 36.6. The Kier molecular flexibility index (Phi) is 28.6. The van der Waals surface area contributed by atoms with Gasteiger partial charge in [0, 0.05) is 72.5 Å². The van der Waals surface area contributed by atoms with Crippen LogP contribution in [0.3, 0.4) is 0 Å². The molecule has 3 N–H and O–H groups in total. The van der Waals surface area contributed by atoms with E-state index in [0.717, 1.165) is 12.3 Å². The molecule has 0 spiro atoms. The van der Waals surface area contributed by atoms with Crippen LogP contribution in [0.15, 0.2) is 55.0 Å². The predicted octanol–water partition coefficient (Wildman–Crippen LogP) is 2.91. The molecule has 0 amide bonds. The number of nitrogen functional groups attached to an aromatic ring is 1. The molecule has 0 aliphatic carbocycles. The summed E-state index contributed by atoms with van der Waals surface area (Å²) in [4.78, 5) is 29.9. The fourth-order valence-electron chi connectivity index (χ4n) is 2.20. The maximum absolute atomic E-state index is 12.3. The second kappa shape index (κ2) is 28.2. The van der Waals surface area contributed by atoms with Gasteiger partial charge in [-0.15, -0.1) is 0 Å². The molecule has 0 bridgehead atoms. The average Bonchev–Trinajstić information content (AvgIpc) is 2.96. The topological polar surface area (TPSA) is 217 Å². The molecular formula is C25H36FN6O10Pd-. The average molecular weight is 706 g/mol. The van der Waals surface area contributed by atoms with Gasteiger partial charge in [0.2, 0.25) is 5.88 Å². The van der Waals surface area contributed by atoms with Crippen molar-refractivity contribution < 1.29 is 63.5 Å². The van der Waals surface area contributed by atoms with Crippen LogP contribution in [0, 0.1) is 33.6 Å². The van der Waals surface area contributed by atoms with Gasteiger partial charge in [-0.2, -0.15) is 4.39 Å². The Morgan fingerprint density at radius 1 is 0.767 bits per heavy atom. The van der Waals surface area contributed by atoms with E-state index >= 15 is 0 Å². The summed E-state index contributed by atoms with van der Waals surface area (Å²) in [6, 6.07) is 8.70. The van der Waals surface area contributed by atoms with Crippen LogP contribution in [0.5, 0.6) is 11.8 Å². The second-order valence-electron chi connectivity index (χ2n) is 6.95. The monoisotopic (exact) mass is 705 g/mol. The Morgan fingerprint density at radius 3 is 1.60 bits per heavy atom. The number of aromatic nitrogens is 3. The molecule has 0 aliphatic rings. The summed E-state index contributed by atoms with van der Waals surface area (Å²) in [6.45, 7) is 2.19. The number of halogens is 1. The van der Waals surface area contributed by atoms with Crippen LogP contribution < -0.4 is 15.2 Å². The van der Waals surface area contributed by atoms with E-state index in [2.05, 4.69) is 19.7 Å². The van der Waals surface area contributed by atoms with Crippen molar-refractivity contribution in [2.75, 3.05) is 66.7 Å². The van der Waals surface area contributed by atoms with Crippen LogP contribution in [-0.4, -0.2) is 90.9 Å². The van der Waals surface area contributed by atoms with Crippen LogP contribution in [-0.2, 0) is 34.6 Å². The SMILES string of the molecule is COCCO.COCCOc1ncccc1N.COCCOc1ncccc1[N+](=O)[O-].O=[N+]([O-])c1cccnc1F.[CH3-].[Pd]. The van der Waals surface area contributed by atoms with E-state index in [1.807, 2.05) is 0 Å². The van der Waals surface area contributed by atoms with E-state index in [-0.39, 0.29) is 52.6 Å². The first-order valence-corrected chi connectivity index (χ1v) is 11.6. The smallest absolute Gasteiger partial charge is 0.330 e. The quantitative estimate of drug-likeness (QED) is 0.0692. The van der Waals surface area contributed by atoms with Crippen LogP contribution in [0.4, 0.5) is 21.5 Å². The van der Waals surface area contributed by atoms with Gasteiger partial charge in [0.1, 0.15) is 13.2 Å². The summed E-state index contributed by atoms with van der Waals surface area (Å²) in [5, 5.41) is 28.4. The number of hydrogen-bond acceptors (Lipinski definition) is 14. The van der Waals surface area contributed by atoms with Crippen LogP contribution >= 0.6 is 0 Å². The molecule has 0 saturated heterocycles. The van der Waals surface area contributed by atoms with Crippen molar-refractivity contribution in [3.63, 3.8) is 0 Å². The molecule has 3 aromatic rings. The van der Waals surface area contributed by atoms with E-state index in [9.17, 15) is 24.6 Å². The fraction of sp³-hybridized carbons (Fsp3) is 0.360. The molecular weight excluding hydrogens is 670 g/mol. The number of nitrogens with zero attached hydrogens (tertiary/aromatic N) is 5. The third-order valence-corrected chi connectivity index (χ3v) is 4.03. The summed E-state index contributed by atoms with van der Waals surface area (Å²) in [5.74, 6) is -0.559. The maximum atomic E-state index is 12.3. The largest absolute Gasteiger partial charge is 0.474 e. The van der Waals surface area contributed by atoms with Gasteiger partial charge < -0.3 is 42.0 Å². The molecule has 3 aromatic heterocycles. The van der Waals surface area contributed by atoms with Crippen molar-refractivity contribution in [2.24, 2.45) is 0 Å². The molecule has 244 valence electrons. The molecule has 0 aromatic carbocycles. The van der Waals surface area contributed by atoms with E-state index < -0.39 is 21.5 Å². The van der Waals surface area contributed by atoms with Crippen molar-refractivity contribution in [2.45, 2.75) is 0 Å². The number of nitrogens with two attached hydrogens (primary N) is 1. The van der Waals surface area contributed by atoms with Gasteiger partial charge in [-0.05, 0) is 24.3 Å². The Labute approximate surface area is 262 Å². The van der Waals surface area contributed by atoms with E-state index in [4.69, 9.17) is 29.8 Å². The number of rotatable bonds is 12. The maximum Gasteiger partial charge on any atom is 0.330 e. The molecule has 0 aliphatic heterocycles. The number of aliphatic hydroxyl groups excluding tert-OH is 1. The molecule has 0 saturated carbocycles. The number of aliphatic hydroxyl groups is 1. The molecule has 0 unspecified atom stereocenters. The van der Waals surface area contributed by atoms with E-state index in [1.165, 1.54) is 31.5 Å². The normalized spacial score (nSPS) is 9.05. The van der Waals surface area contributed by atoms with Crippen LogP contribution in [0.2, 0.25) is 0 Å². The second-order valence-corrected chi connectivity index (χ2v) is 6.95. The minimum absolute atomic E-state index is 0. The first-order valence-electron chi connectivity index (χ1n) is 11.6. The number of anilines is 1. The van der Waals surface area contributed by atoms with Gasteiger partial charge in [-0.3, -0.25) is 20.2 Å². The predicted molar refractivity (Wildman–Crippen MR) is 151 cm³/mol. The van der Waals surface area contributed by atoms with Crippen molar-refractivity contribution in [1.29, 1.82) is 0 Å². The Morgan fingerprint density at radius 2 is 1.21 bits per heavy atom. The standard InChI is InChI=1S/C8H10N2O4.C8H12N2O2.C5H3FN2O2.C3H8O2.CH3.Pd/c1-13-5-6-14-8-7(10(11)12)3-2-4-9-8;1-11-5-6-12-8-7(9)3-2-4-10-8;6-5-4(8(9)10)2-1-3-7-5;1-5-3-2-4;;/h2-4H,5-6H2,1H3;2-4H,5-6,9H2,1H3;1-3H;4H,2-3H2,1H3;1H3;/q;;;;-1;. The zero-order chi connectivity index (χ0) is 30.9. The zero-order valence-corrected chi connectivity index (χ0v) is 25.6. The number of hydrogen-bond donors (Lipinski definition) is 2. The molecule has 0 atom stereocenters. The fourth-order valence-corrected chi connectivity index (χ4v) is 2.20. The van der Waals surface area contributed by atoms with E-state index in [0.29, 0.717) is 38.0 Å². The zero-order valence-electron chi connectivity index (χ0n) is 24.1. The molecule has 0 radical (unpaired) electrons. The van der Waals surface area contributed by atoms with Crippen molar-refractivity contribution in [3.05, 3.63) is 88.6 Å². The van der Waals surface area contributed by atoms with Gasteiger partial charge in [-0.25, -0.2) is 15.0 Å². The molecule has 0 fully saturated rings. The minimum atomic E-state index is -1.05. The van der Waals surface area contributed by atoms with Gasteiger partial charge >= 0.3 is 11.4 Å². The number of pyridine rings is 3. The van der Waals surface area contributed by atoms with Crippen LogP contribution in [0.1, 0.15) is 0 Å². The van der Waals surface area contributed by atoms with Crippen LogP contribution in [0.25, 0.3) is 0 Å². The molecule has 18 heteroatoms. The number of ether oxygens (including phenoxy) is 5. The first kappa shape index (κ1) is 43.5. The Bertz CT molecular complexity index is 1150. The summed E-state index contributed by atoms with van der Waals surface area (Å²) in [7, 11) is 4.69. The van der Waals surface area contributed by atoms with Gasteiger partial charge in [0.05, 0.1) is 42.0 Å². The van der Waals surface area contributed by atoms with Crippen molar-refractivity contribution >= 4 is 17.1 Å². The summed E-state index contributed by atoms with van der Waals surface area (Å²) in [5.41, 5.74) is 5.39. The molecule has 3 rings (SSSR count). The third-order valence-electron chi connectivity index (χ3n) is 4.03. The minimum Gasteiger partial charge on any atom is -0.474 e. The molecule has 16 nitrogen and oxygen atoms in total. The molecule has 3 heterocycles. The van der Waals surface area contributed by atoms with Gasteiger partial charge in [-0.1, -0.05) is 0 Å². The summed E-state index contributed by atoms with van der Waals surface area (Å²) in [6.07, 6.45) is 4.23. The third kappa shape index (κ3) is 20.6. The van der Waals surface area contributed by atoms with Crippen molar-refractivity contribution in [3.8, 4) is 11.8 Å². The number of methoxy groups -OCH3 is 3. The number of nitro groups is 2. The Hall–Kier alpha value is -3.92. The first-order chi connectivity index (χ1) is 19.7.